The van der Waals surface area contributed by atoms with Crippen molar-refractivity contribution in [3.8, 4) is 5.75 Å². The largest absolute Gasteiger partial charge is 0.496 e. The number of methoxy groups -OCH3 is 1. The number of hydrogen-bond acceptors (Lipinski definition) is 3. The molecule has 0 amide bonds. The highest BCUT2D eigenvalue weighted by atomic mass is 16.5. The third kappa shape index (κ3) is 2.10. The van der Waals surface area contributed by atoms with Crippen LogP contribution in [0.1, 0.15) is 22.7 Å². The molecule has 1 rings (SSSR count). The van der Waals surface area contributed by atoms with Gasteiger partial charge in [-0.1, -0.05) is 6.07 Å². The third-order valence-corrected chi connectivity index (χ3v) is 2.54. The van der Waals surface area contributed by atoms with Crippen molar-refractivity contribution < 1.29 is 14.6 Å². The molecule has 82 valence electrons. The number of benzene rings is 1. The first-order chi connectivity index (χ1) is 6.99. The van der Waals surface area contributed by atoms with Crippen molar-refractivity contribution >= 4 is 5.97 Å². The van der Waals surface area contributed by atoms with Crippen molar-refractivity contribution in [3.63, 3.8) is 0 Å². The van der Waals surface area contributed by atoms with E-state index in [1.54, 1.807) is 6.07 Å². The lowest BCUT2D eigenvalue weighted by Crippen LogP contribution is -2.22. The van der Waals surface area contributed by atoms with Gasteiger partial charge in [-0.2, -0.15) is 0 Å². The second-order valence-corrected chi connectivity index (χ2v) is 3.44. The van der Waals surface area contributed by atoms with Crippen molar-refractivity contribution in [1.29, 1.82) is 0 Å². The molecule has 0 saturated heterocycles. The number of aliphatic carboxylic acids is 1. The number of ether oxygens (including phenoxy) is 1. The van der Waals surface area contributed by atoms with Crippen LogP contribution in [0.5, 0.6) is 5.75 Å². The number of carbonyl (C=O) groups is 1. The van der Waals surface area contributed by atoms with Gasteiger partial charge in [-0.3, -0.25) is 4.79 Å². The van der Waals surface area contributed by atoms with Crippen molar-refractivity contribution in [3.05, 3.63) is 28.8 Å². The average molecular weight is 209 g/mol. The lowest BCUT2D eigenvalue weighted by Gasteiger charge is -2.16. The maximum atomic E-state index is 10.9. The SMILES string of the molecule is COc1ccc(C)c(C)c1C(N)C(=O)O. The summed E-state index contributed by atoms with van der Waals surface area (Å²) >= 11 is 0. The quantitative estimate of drug-likeness (QED) is 0.789. The first-order valence-electron chi connectivity index (χ1n) is 4.61. The van der Waals surface area contributed by atoms with E-state index >= 15 is 0 Å². The Kier molecular flexibility index (Phi) is 3.31. The van der Waals surface area contributed by atoms with E-state index in [0.717, 1.165) is 11.1 Å². The minimum atomic E-state index is -1.05. The van der Waals surface area contributed by atoms with E-state index in [0.29, 0.717) is 11.3 Å². The fraction of sp³-hybridized carbons (Fsp3) is 0.364. The molecular weight excluding hydrogens is 194 g/mol. The average Bonchev–Trinajstić information content (AvgIpc) is 2.20. The Balaban J connectivity index is 3.35. The summed E-state index contributed by atoms with van der Waals surface area (Å²) in [5, 5.41) is 8.89. The van der Waals surface area contributed by atoms with Gasteiger partial charge in [0.2, 0.25) is 0 Å². The summed E-state index contributed by atoms with van der Waals surface area (Å²) in [4.78, 5) is 10.9. The zero-order valence-corrected chi connectivity index (χ0v) is 9.07. The maximum Gasteiger partial charge on any atom is 0.325 e. The van der Waals surface area contributed by atoms with E-state index in [1.807, 2.05) is 19.9 Å². The highest BCUT2D eigenvalue weighted by Crippen LogP contribution is 2.29. The molecule has 0 aromatic heterocycles. The van der Waals surface area contributed by atoms with Gasteiger partial charge >= 0.3 is 5.97 Å². The maximum absolute atomic E-state index is 10.9. The van der Waals surface area contributed by atoms with Crippen molar-refractivity contribution in [2.75, 3.05) is 7.11 Å². The Morgan fingerprint density at radius 3 is 2.53 bits per heavy atom. The van der Waals surface area contributed by atoms with Crippen LogP contribution in [0, 0.1) is 13.8 Å². The number of aryl methyl sites for hydroxylation is 1. The molecule has 15 heavy (non-hydrogen) atoms. The molecule has 1 unspecified atom stereocenters. The third-order valence-electron chi connectivity index (χ3n) is 2.54. The van der Waals surface area contributed by atoms with Crippen LogP contribution in [0.25, 0.3) is 0 Å². The fourth-order valence-electron chi connectivity index (χ4n) is 1.50. The molecule has 0 aliphatic carbocycles. The molecule has 3 N–H and O–H groups in total. The van der Waals surface area contributed by atoms with E-state index < -0.39 is 12.0 Å². The summed E-state index contributed by atoms with van der Waals surface area (Å²) in [6.45, 7) is 3.75. The Morgan fingerprint density at radius 1 is 1.47 bits per heavy atom. The van der Waals surface area contributed by atoms with E-state index in [2.05, 4.69) is 0 Å². The Labute approximate surface area is 88.7 Å². The summed E-state index contributed by atoms with van der Waals surface area (Å²) < 4.78 is 5.11. The molecule has 0 aliphatic heterocycles. The van der Waals surface area contributed by atoms with E-state index in [4.69, 9.17) is 15.6 Å². The second kappa shape index (κ2) is 4.31. The molecule has 0 fully saturated rings. The summed E-state index contributed by atoms with van der Waals surface area (Å²) in [6.07, 6.45) is 0. The molecule has 0 saturated carbocycles. The van der Waals surface area contributed by atoms with Crippen LogP contribution in [-0.4, -0.2) is 18.2 Å². The van der Waals surface area contributed by atoms with E-state index in [9.17, 15) is 4.79 Å². The molecule has 1 aromatic rings. The number of carboxylic acid groups (broad SMARTS) is 1. The normalized spacial score (nSPS) is 12.3. The number of nitrogens with two attached hydrogens (primary N) is 1. The lowest BCUT2D eigenvalue weighted by molar-refractivity contribution is -0.138. The van der Waals surface area contributed by atoms with Crippen LogP contribution in [0.4, 0.5) is 0 Å². The van der Waals surface area contributed by atoms with Gasteiger partial charge in [-0.25, -0.2) is 0 Å². The molecule has 0 spiro atoms. The molecule has 0 bridgehead atoms. The number of hydrogen-bond donors (Lipinski definition) is 2. The van der Waals surface area contributed by atoms with Gasteiger partial charge < -0.3 is 15.6 Å². The summed E-state index contributed by atoms with van der Waals surface area (Å²) in [6, 6.07) is 2.58. The highest BCUT2D eigenvalue weighted by Gasteiger charge is 2.21. The van der Waals surface area contributed by atoms with Gasteiger partial charge in [-0.15, -0.1) is 0 Å². The Morgan fingerprint density at radius 2 is 2.07 bits per heavy atom. The van der Waals surface area contributed by atoms with Gasteiger partial charge in [-0.05, 0) is 31.0 Å². The molecule has 1 atom stereocenters. The van der Waals surface area contributed by atoms with Crippen molar-refractivity contribution in [2.24, 2.45) is 5.73 Å². The van der Waals surface area contributed by atoms with Crippen LogP contribution in [0.3, 0.4) is 0 Å². The molecule has 4 heteroatoms. The van der Waals surface area contributed by atoms with Gasteiger partial charge in [0, 0.05) is 5.56 Å². The summed E-state index contributed by atoms with van der Waals surface area (Å²) in [5.41, 5.74) is 8.02. The van der Waals surface area contributed by atoms with Crippen LogP contribution in [-0.2, 0) is 4.79 Å². The van der Waals surface area contributed by atoms with Crippen LogP contribution in [0.2, 0.25) is 0 Å². The molecule has 0 aliphatic rings. The van der Waals surface area contributed by atoms with Crippen molar-refractivity contribution in [1.82, 2.24) is 0 Å². The Bertz CT molecular complexity index is 388. The summed E-state index contributed by atoms with van der Waals surface area (Å²) in [7, 11) is 1.50. The van der Waals surface area contributed by atoms with Crippen LogP contribution in [0.15, 0.2) is 12.1 Å². The molecule has 1 aromatic carbocycles. The zero-order chi connectivity index (χ0) is 11.6. The molecule has 4 nitrogen and oxygen atoms in total. The lowest BCUT2D eigenvalue weighted by atomic mass is 9.97. The standard InChI is InChI=1S/C11H15NO3/c1-6-4-5-8(15-3)9(7(6)2)10(12)11(13)14/h4-5,10H,12H2,1-3H3,(H,13,14). The Hall–Kier alpha value is -1.55. The predicted molar refractivity (Wildman–Crippen MR) is 57.0 cm³/mol. The topological polar surface area (TPSA) is 72.5 Å². The molecule has 0 heterocycles. The minimum absolute atomic E-state index is 0.521. The van der Waals surface area contributed by atoms with Gasteiger partial charge in [0.25, 0.3) is 0 Å². The van der Waals surface area contributed by atoms with Gasteiger partial charge in [0.15, 0.2) is 0 Å². The zero-order valence-electron chi connectivity index (χ0n) is 9.07. The first-order valence-corrected chi connectivity index (χ1v) is 4.61. The smallest absolute Gasteiger partial charge is 0.325 e. The van der Waals surface area contributed by atoms with E-state index in [-0.39, 0.29) is 0 Å². The first kappa shape index (κ1) is 11.5. The minimum Gasteiger partial charge on any atom is -0.496 e. The van der Waals surface area contributed by atoms with Gasteiger partial charge in [0.05, 0.1) is 7.11 Å². The molecule has 0 radical (unpaired) electrons. The molecular formula is C11H15NO3. The predicted octanol–water partition coefficient (Wildman–Crippen LogP) is 1.40. The monoisotopic (exact) mass is 209 g/mol. The fourth-order valence-corrected chi connectivity index (χ4v) is 1.50. The van der Waals surface area contributed by atoms with E-state index in [1.165, 1.54) is 7.11 Å². The number of rotatable bonds is 3. The van der Waals surface area contributed by atoms with Crippen molar-refractivity contribution in [2.45, 2.75) is 19.9 Å². The van der Waals surface area contributed by atoms with Gasteiger partial charge in [0.1, 0.15) is 11.8 Å². The number of carboxylic acids is 1. The highest BCUT2D eigenvalue weighted by molar-refractivity contribution is 5.77. The van der Waals surface area contributed by atoms with Crippen LogP contribution >= 0.6 is 0 Å². The van der Waals surface area contributed by atoms with Crippen LogP contribution < -0.4 is 10.5 Å². The second-order valence-electron chi connectivity index (χ2n) is 3.44. The summed E-state index contributed by atoms with van der Waals surface area (Å²) in [5.74, 6) is -0.532.